The van der Waals surface area contributed by atoms with Gasteiger partial charge in [0.25, 0.3) is 0 Å². The van der Waals surface area contributed by atoms with Crippen LogP contribution in [0.3, 0.4) is 0 Å². The number of hydrogen-bond acceptors (Lipinski definition) is 3. The number of piperidine rings is 1. The van der Waals surface area contributed by atoms with E-state index in [-0.39, 0.29) is 17.9 Å². The van der Waals surface area contributed by atoms with Crippen molar-refractivity contribution in [2.24, 2.45) is 5.92 Å². The Kier molecular flexibility index (Phi) is 3.37. The first-order valence-corrected chi connectivity index (χ1v) is 6.92. The molecule has 1 saturated heterocycles. The summed E-state index contributed by atoms with van der Waals surface area (Å²) < 4.78 is 5.45. The highest BCUT2D eigenvalue weighted by Crippen LogP contribution is 2.30. The van der Waals surface area contributed by atoms with Crippen molar-refractivity contribution in [3.05, 3.63) is 23.7 Å². The molecule has 2 N–H and O–H groups in total. The minimum absolute atomic E-state index is 0.135. The average Bonchev–Trinajstić information content (AvgIpc) is 2.89. The summed E-state index contributed by atoms with van der Waals surface area (Å²) in [4.78, 5) is 12.2. The van der Waals surface area contributed by atoms with Gasteiger partial charge in [-0.2, -0.15) is 0 Å². The molecule has 2 aliphatic rings. The van der Waals surface area contributed by atoms with Crippen LogP contribution >= 0.6 is 0 Å². The van der Waals surface area contributed by atoms with Crippen molar-refractivity contribution in [2.45, 2.75) is 38.1 Å². The van der Waals surface area contributed by atoms with Crippen LogP contribution in [0.4, 0.5) is 0 Å². The number of rotatable bonds is 2. The first-order valence-electron chi connectivity index (χ1n) is 6.92. The maximum atomic E-state index is 12.2. The summed E-state index contributed by atoms with van der Waals surface area (Å²) in [7, 11) is 0. The topological polar surface area (TPSA) is 54.3 Å². The molecule has 2 heterocycles. The lowest BCUT2D eigenvalue weighted by Crippen LogP contribution is -2.42. The van der Waals surface area contributed by atoms with Crippen molar-refractivity contribution in [1.82, 2.24) is 10.6 Å². The van der Waals surface area contributed by atoms with Crippen LogP contribution in [0.5, 0.6) is 0 Å². The van der Waals surface area contributed by atoms with Crippen LogP contribution < -0.4 is 10.6 Å². The smallest absolute Gasteiger partial charge is 0.224 e. The molecule has 0 saturated carbocycles. The third-order valence-corrected chi connectivity index (χ3v) is 4.04. The highest BCUT2D eigenvalue weighted by molar-refractivity contribution is 5.79. The molecule has 0 spiro atoms. The summed E-state index contributed by atoms with van der Waals surface area (Å²) in [5.41, 5.74) is 1.18. The minimum Gasteiger partial charge on any atom is -0.469 e. The van der Waals surface area contributed by atoms with E-state index in [9.17, 15) is 4.79 Å². The van der Waals surface area contributed by atoms with Crippen molar-refractivity contribution in [3.8, 4) is 0 Å². The molecule has 1 aliphatic carbocycles. The zero-order chi connectivity index (χ0) is 12.4. The quantitative estimate of drug-likeness (QED) is 0.838. The summed E-state index contributed by atoms with van der Waals surface area (Å²) in [5.74, 6) is 1.38. The second kappa shape index (κ2) is 5.14. The molecule has 0 aromatic carbocycles. The SMILES string of the molecule is O=C(NC1CCCc2occc21)[C@@H]1CCCNC1. The predicted octanol–water partition coefficient (Wildman–Crippen LogP) is 1.77. The fourth-order valence-electron chi connectivity index (χ4n) is 3.00. The normalized spacial score (nSPS) is 27.6. The van der Waals surface area contributed by atoms with Gasteiger partial charge in [0, 0.05) is 18.5 Å². The van der Waals surface area contributed by atoms with Crippen molar-refractivity contribution in [2.75, 3.05) is 13.1 Å². The van der Waals surface area contributed by atoms with Gasteiger partial charge in [-0.3, -0.25) is 4.79 Å². The molecule has 4 heteroatoms. The lowest BCUT2D eigenvalue weighted by Gasteiger charge is -2.27. The first-order chi connectivity index (χ1) is 8.84. The van der Waals surface area contributed by atoms with E-state index in [0.717, 1.165) is 51.0 Å². The predicted molar refractivity (Wildman–Crippen MR) is 68.1 cm³/mol. The average molecular weight is 248 g/mol. The maximum absolute atomic E-state index is 12.2. The Morgan fingerprint density at radius 1 is 1.39 bits per heavy atom. The molecule has 2 atom stereocenters. The van der Waals surface area contributed by atoms with E-state index in [1.807, 2.05) is 6.07 Å². The van der Waals surface area contributed by atoms with E-state index in [4.69, 9.17) is 4.42 Å². The highest BCUT2D eigenvalue weighted by Gasteiger charge is 2.27. The summed E-state index contributed by atoms with van der Waals surface area (Å²) in [5, 5.41) is 6.48. The number of hydrogen-bond donors (Lipinski definition) is 2. The standard InChI is InChI=1S/C14H20N2O2/c17-14(10-3-2-7-15-9-10)16-12-4-1-5-13-11(12)6-8-18-13/h6,8,10,12,15H,1-5,7,9H2,(H,16,17)/t10-,12?/m1/s1. The number of furan rings is 1. The second-order valence-electron chi connectivity index (χ2n) is 5.30. The molecular formula is C14H20N2O2. The Balaban J connectivity index is 1.65. The van der Waals surface area contributed by atoms with Gasteiger partial charge in [-0.1, -0.05) is 0 Å². The van der Waals surface area contributed by atoms with Gasteiger partial charge in [0.05, 0.1) is 18.2 Å². The van der Waals surface area contributed by atoms with Gasteiger partial charge in [-0.05, 0) is 38.3 Å². The molecule has 1 aromatic rings. The van der Waals surface area contributed by atoms with Crippen LogP contribution in [-0.2, 0) is 11.2 Å². The zero-order valence-corrected chi connectivity index (χ0v) is 10.6. The Morgan fingerprint density at radius 3 is 3.17 bits per heavy atom. The summed E-state index contributed by atoms with van der Waals surface area (Å²) in [6, 6.07) is 2.15. The van der Waals surface area contributed by atoms with Gasteiger partial charge < -0.3 is 15.1 Å². The Bertz CT molecular complexity index is 421. The number of carbonyl (C=O) groups is 1. The largest absolute Gasteiger partial charge is 0.469 e. The molecule has 3 rings (SSSR count). The van der Waals surface area contributed by atoms with E-state index >= 15 is 0 Å². The fraction of sp³-hybridized carbons (Fsp3) is 0.643. The maximum Gasteiger partial charge on any atom is 0.224 e. The van der Waals surface area contributed by atoms with Gasteiger partial charge in [0.1, 0.15) is 5.76 Å². The van der Waals surface area contributed by atoms with E-state index in [2.05, 4.69) is 10.6 Å². The van der Waals surface area contributed by atoms with Crippen molar-refractivity contribution in [1.29, 1.82) is 0 Å². The number of fused-ring (bicyclic) bond motifs is 1. The molecule has 1 aliphatic heterocycles. The van der Waals surface area contributed by atoms with Gasteiger partial charge >= 0.3 is 0 Å². The molecule has 1 unspecified atom stereocenters. The van der Waals surface area contributed by atoms with Crippen molar-refractivity contribution < 1.29 is 9.21 Å². The number of aryl methyl sites for hydroxylation is 1. The molecule has 1 amide bonds. The van der Waals surface area contributed by atoms with Crippen LogP contribution in [0.1, 0.15) is 43.0 Å². The first kappa shape index (κ1) is 11.8. The third-order valence-electron chi connectivity index (χ3n) is 4.04. The van der Waals surface area contributed by atoms with Crippen LogP contribution in [0.25, 0.3) is 0 Å². The van der Waals surface area contributed by atoms with Gasteiger partial charge in [0.2, 0.25) is 5.91 Å². The molecule has 1 fully saturated rings. The van der Waals surface area contributed by atoms with Crippen LogP contribution in [0.2, 0.25) is 0 Å². The Morgan fingerprint density at radius 2 is 2.33 bits per heavy atom. The fourth-order valence-corrected chi connectivity index (χ4v) is 3.00. The van der Waals surface area contributed by atoms with Crippen LogP contribution in [0.15, 0.2) is 16.7 Å². The second-order valence-corrected chi connectivity index (χ2v) is 5.30. The molecular weight excluding hydrogens is 228 g/mol. The van der Waals surface area contributed by atoms with E-state index < -0.39 is 0 Å². The molecule has 0 radical (unpaired) electrons. The summed E-state index contributed by atoms with van der Waals surface area (Å²) in [6.45, 7) is 1.86. The van der Waals surface area contributed by atoms with Crippen molar-refractivity contribution >= 4 is 5.91 Å². The molecule has 18 heavy (non-hydrogen) atoms. The Labute approximate surface area is 107 Å². The zero-order valence-electron chi connectivity index (χ0n) is 10.6. The minimum atomic E-state index is 0.135. The van der Waals surface area contributed by atoms with Gasteiger partial charge in [-0.25, -0.2) is 0 Å². The van der Waals surface area contributed by atoms with Gasteiger partial charge in [0.15, 0.2) is 0 Å². The number of nitrogens with one attached hydrogen (secondary N) is 2. The van der Waals surface area contributed by atoms with Crippen molar-refractivity contribution in [3.63, 3.8) is 0 Å². The van der Waals surface area contributed by atoms with E-state index in [1.54, 1.807) is 6.26 Å². The number of amides is 1. The molecule has 1 aromatic heterocycles. The lowest BCUT2D eigenvalue weighted by molar-refractivity contribution is -0.126. The molecule has 0 bridgehead atoms. The van der Waals surface area contributed by atoms with Crippen LogP contribution in [-0.4, -0.2) is 19.0 Å². The summed E-state index contributed by atoms with van der Waals surface area (Å²) in [6.07, 6.45) is 6.95. The van der Waals surface area contributed by atoms with E-state index in [1.165, 1.54) is 5.56 Å². The number of carbonyl (C=O) groups excluding carboxylic acids is 1. The van der Waals surface area contributed by atoms with Gasteiger partial charge in [-0.15, -0.1) is 0 Å². The molecule has 4 nitrogen and oxygen atoms in total. The molecule has 98 valence electrons. The summed E-state index contributed by atoms with van der Waals surface area (Å²) >= 11 is 0. The van der Waals surface area contributed by atoms with Crippen LogP contribution in [0, 0.1) is 5.92 Å². The highest BCUT2D eigenvalue weighted by atomic mass is 16.3. The monoisotopic (exact) mass is 248 g/mol. The Hall–Kier alpha value is -1.29. The van der Waals surface area contributed by atoms with E-state index in [0.29, 0.717) is 0 Å². The lowest BCUT2D eigenvalue weighted by atomic mass is 9.92. The third kappa shape index (κ3) is 2.29.